The number of guanidine groups is 1. The number of nitrogens with one attached hydrogen (secondary N) is 2. The van der Waals surface area contributed by atoms with Crippen molar-refractivity contribution in [3.8, 4) is 0 Å². The van der Waals surface area contributed by atoms with Crippen LogP contribution in [-0.2, 0) is 19.5 Å². The molecule has 0 aromatic carbocycles. The maximum Gasteiger partial charge on any atom is 0.223 e. The first kappa shape index (κ1) is 18.6. The molecule has 2 aromatic rings. The van der Waals surface area contributed by atoms with E-state index in [1.54, 1.807) is 6.92 Å². The highest BCUT2D eigenvalue weighted by Gasteiger charge is 2.21. The van der Waals surface area contributed by atoms with Crippen molar-refractivity contribution in [2.75, 3.05) is 6.54 Å². The molecule has 0 spiro atoms. The van der Waals surface area contributed by atoms with Gasteiger partial charge < -0.3 is 15.2 Å². The largest absolute Gasteiger partial charge is 0.357 e. The van der Waals surface area contributed by atoms with Crippen molar-refractivity contribution in [2.24, 2.45) is 4.99 Å². The van der Waals surface area contributed by atoms with Crippen molar-refractivity contribution in [2.45, 2.75) is 52.7 Å². The van der Waals surface area contributed by atoms with Gasteiger partial charge in [0.2, 0.25) is 5.89 Å². The zero-order chi connectivity index (χ0) is 16.2. The third-order valence-electron chi connectivity index (χ3n) is 3.60. The lowest BCUT2D eigenvalue weighted by Gasteiger charge is -2.25. The summed E-state index contributed by atoms with van der Waals surface area (Å²) >= 11 is 0. The molecule has 1 aliphatic heterocycles. The number of hydrogen-bond donors (Lipinski definition) is 2. The molecular formula is C14H23IN8O. The Hall–Kier alpha value is -1.72. The highest BCUT2D eigenvalue weighted by molar-refractivity contribution is 14.0. The number of rotatable bonds is 4. The first-order chi connectivity index (χ1) is 11.1. The summed E-state index contributed by atoms with van der Waals surface area (Å²) < 4.78 is 6.93. The van der Waals surface area contributed by atoms with Gasteiger partial charge in [0, 0.05) is 25.9 Å². The van der Waals surface area contributed by atoms with E-state index in [0.717, 1.165) is 43.5 Å². The lowest BCUT2D eigenvalue weighted by molar-refractivity contribution is 0.387. The van der Waals surface area contributed by atoms with Crippen LogP contribution in [0.3, 0.4) is 0 Å². The van der Waals surface area contributed by atoms with Gasteiger partial charge in [0.1, 0.15) is 18.2 Å². The van der Waals surface area contributed by atoms with Crippen LogP contribution in [0, 0.1) is 13.8 Å². The van der Waals surface area contributed by atoms with E-state index < -0.39 is 0 Å². The van der Waals surface area contributed by atoms with Gasteiger partial charge >= 0.3 is 0 Å². The second-order valence-corrected chi connectivity index (χ2v) is 5.56. The third kappa shape index (κ3) is 4.65. The van der Waals surface area contributed by atoms with Gasteiger partial charge in [0.15, 0.2) is 11.8 Å². The zero-order valence-electron chi connectivity index (χ0n) is 14.1. The Morgan fingerprint density at radius 3 is 2.92 bits per heavy atom. The Labute approximate surface area is 157 Å². The van der Waals surface area contributed by atoms with Crippen LogP contribution >= 0.6 is 24.0 Å². The molecule has 1 aliphatic rings. The fourth-order valence-corrected chi connectivity index (χ4v) is 2.62. The zero-order valence-corrected chi connectivity index (χ0v) is 16.4. The van der Waals surface area contributed by atoms with Crippen molar-refractivity contribution in [3.05, 3.63) is 23.4 Å². The Morgan fingerprint density at radius 1 is 1.38 bits per heavy atom. The van der Waals surface area contributed by atoms with E-state index in [1.807, 2.05) is 18.5 Å². The van der Waals surface area contributed by atoms with Gasteiger partial charge in [-0.1, -0.05) is 5.16 Å². The smallest absolute Gasteiger partial charge is 0.223 e. The highest BCUT2D eigenvalue weighted by atomic mass is 127. The van der Waals surface area contributed by atoms with E-state index in [9.17, 15) is 0 Å². The van der Waals surface area contributed by atoms with Gasteiger partial charge in [-0.25, -0.2) is 14.7 Å². The van der Waals surface area contributed by atoms with Crippen LogP contribution in [0.4, 0.5) is 0 Å². The minimum absolute atomic E-state index is 0. The molecule has 0 bridgehead atoms. The summed E-state index contributed by atoms with van der Waals surface area (Å²) in [6.07, 6.45) is 1.92. The monoisotopic (exact) mass is 446 g/mol. The third-order valence-corrected chi connectivity index (χ3v) is 3.60. The number of halogens is 1. The number of hydrogen-bond acceptors (Lipinski definition) is 6. The second-order valence-electron chi connectivity index (χ2n) is 5.56. The van der Waals surface area contributed by atoms with Crippen molar-refractivity contribution < 1.29 is 4.52 Å². The van der Waals surface area contributed by atoms with Crippen LogP contribution in [0.25, 0.3) is 0 Å². The molecule has 0 fully saturated rings. The maximum atomic E-state index is 4.96. The molecule has 0 amide bonds. The van der Waals surface area contributed by atoms with Gasteiger partial charge in [-0.3, -0.25) is 0 Å². The molecule has 24 heavy (non-hydrogen) atoms. The van der Waals surface area contributed by atoms with Gasteiger partial charge in [-0.15, -0.1) is 24.0 Å². The Kier molecular flexibility index (Phi) is 6.52. The minimum Gasteiger partial charge on any atom is -0.357 e. The van der Waals surface area contributed by atoms with Crippen molar-refractivity contribution >= 4 is 29.9 Å². The molecule has 3 rings (SSSR count). The number of aryl methyl sites for hydroxylation is 3. The quantitative estimate of drug-likeness (QED) is 0.410. The summed E-state index contributed by atoms with van der Waals surface area (Å²) in [5.41, 5.74) is 0. The number of nitrogens with zero attached hydrogens (tertiary/aromatic N) is 6. The molecule has 10 heteroatoms. The molecule has 1 unspecified atom stereocenters. The number of aromatic nitrogens is 5. The van der Waals surface area contributed by atoms with E-state index in [-0.39, 0.29) is 30.0 Å². The van der Waals surface area contributed by atoms with Gasteiger partial charge in [-0.2, -0.15) is 10.1 Å². The van der Waals surface area contributed by atoms with Crippen LogP contribution < -0.4 is 10.6 Å². The lowest BCUT2D eigenvalue weighted by atomic mass is 10.1. The molecule has 0 saturated heterocycles. The predicted octanol–water partition coefficient (Wildman–Crippen LogP) is 0.966. The normalized spacial score (nSPS) is 17.1. The Morgan fingerprint density at radius 2 is 2.21 bits per heavy atom. The number of fused-ring (bicyclic) bond motifs is 1. The summed E-state index contributed by atoms with van der Waals surface area (Å²) in [5.74, 6) is 3.77. The first-order valence-electron chi connectivity index (χ1n) is 7.88. The van der Waals surface area contributed by atoms with Crippen LogP contribution in [0.2, 0.25) is 0 Å². The second kappa shape index (κ2) is 8.40. The van der Waals surface area contributed by atoms with Crippen LogP contribution in [0.15, 0.2) is 9.52 Å². The van der Waals surface area contributed by atoms with Crippen molar-refractivity contribution in [1.82, 2.24) is 35.5 Å². The summed E-state index contributed by atoms with van der Waals surface area (Å²) in [7, 11) is 0. The lowest BCUT2D eigenvalue weighted by Crippen LogP contribution is -2.47. The summed E-state index contributed by atoms with van der Waals surface area (Å²) in [6, 6.07) is 0.272. The van der Waals surface area contributed by atoms with Gasteiger partial charge in [0.05, 0.1) is 6.54 Å². The molecule has 2 N–H and O–H groups in total. The molecule has 132 valence electrons. The van der Waals surface area contributed by atoms with E-state index >= 15 is 0 Å². The van der Waals surface area contributed by atoms with E-state index in [0.29, 0.717) is 18.3 Å². The van der Waals surface area contributed by atoms with Crippen LogP contribution in [0.5, 0.6) is 0 Å². The summed E-state index contributed by atoms with van der Waals surface area (Å²) in [4.78, 5) is 13.1. The average molecular weight is 446 g/mol. The summed E-state index contributed by atoms with van der Waals surface area (Å²) in [5, 5.41) is 15.0. The van der Waals surface area contributed by atoms with Crippen molar-refractivity contribution in [3.63, 3.8) is 0 Å². The first-order valence-corrected chi connectivity index (χ1v) is 7.88. The van der Waals surface area contributed by atoms with Gasteiger partial charge in [0.25, 0.3) is 0 Å². The Bertz CT molecular complexity index is 695. The molecule has 0 saturated carbocycles. The topological polar surface area (TPSA) is 106 Å². The van der Waals surface area contributed by atoms with E-state index in [1.165, 1.54) is 0 Å². The molecule has 3 heterocycles. The highest BCUT2D eigenvalue weighted by Crippen LogP contribution is 2.12. The fraction of sp³-hybridized carbons (Fsp3) is 0.643. The Balaban J connectivity index is 0.00000208. The molecule has 0 radical (unpaired) electrons. The van der Waals surface area contributed by atoms with Gasteiger partial charge in [-0.05, 0) is 20.3 Å². The molecule has 0 aliphatic carbocycles. The molecule has 9 nitrogen and oxygen atoms in total. The minimum atomic E-state index is 0. The fourth-order valence-electron chi connectivity index (χ4n) is 2.62. The standard InChI is InChI=1S/C14H22N8O.HI/c1-4-15-14(16-7-12-18-10(3)23-21-12)19-11-5-6-13-17-9(2)20-22(13)8-11;/h11H,4-8H2,1-3H3,(H2,15,16,19);1H. The molecule has 2 aromatic heterocycles. The SMILES string of the molecule is CCNC(=NCc1noc(C)n1)NC1CCc2nc(C)nn2C1.I. The molecular weight excluding hydrogens is 423 g/mol. The predicted molar refractivity (Wildman–Crippen MR) is 99.3 cm³/mol. The van der Waals surface area contributed by atoms with Crippen LogP contribution in [-0.4, -0.2) is 43.5 Å². The summed E-state index contributed by atoms with van der Waals surface area (Å²) in [6.45, 7) is 7.69. The number of aliphatic imine (C=N–C) groups is 1. The average Bonchev–Trinajstić information content (AvgIpc) is 3.09. The molecule has 1 atom stereocenters. The van der Waals surface area contributed by atoms with E-state index in [4.69, 9.17) is 4.52 Å². The van der Waals surface area contributed by atoms with E-state index in [2.05, 4.69) is 35.8 Å². The van der Waals surface area contributed by atoms with Crippen molar-refractivity contribution in [1.29, 1.82) is 0 Å². The maximum absolute atomic E-state index is 4.96. The van der Waals surface area contributed by atoms with Crippen LogP contribution in [0.1, 0.15) is 36.7 Å².